The zero-order valence-electron chi connectivity index (χ0n) is 13.0. The molecule has 1 N–H and O–H groups in total. The minimum Gasteiger partial charge on any atom is -0.497 e. The van der Waals surface area contributed by atoms with Crippen LogP contribution in [0.1, 0.15) is 9.67 Å². The van der Waals surface area contributed by atoms with E-state index < -0.39 is 0 Å². The van der Waals surface area contributed by atoms with E-state index in [1.54, 1.807) is 13.2 Å². The van der Waals surface area contributed by atoms with Crippen LogP contribution < -0.4 is 10.1 Å². The van der Waals surface area contributed by atoms with Crippen molar-refractivity contribution in [2.24, 2.45) is 7.05 Å². The van der Waals surface area contributed by atoms with Crippen LogP contribution in [-0.4, -0.2) is 32.8 Å². The molecule has 0 aliphatic heterocycles. The highest BCUT2D eigenvalue weighted by atomic mass is 32.1. The third-order valence-electron chi connectivity index (χ3n) is 3.78. The van der Waals surface area contributed by atoms with Crippen molar-refractivity contribution in [1.82, 2.24) is 19.7 Å². The number of ether oxygens (including phenoxy) is 1. The number of nitrogens with one attached hydrogen (secondary N) is 1. The van der Waals surface area contributed by atoms with Crippen LogP contribution in [0.5, 0.6) is 5.75 Å². The molecule has 0 bridgehead atoms. The van der Waals surface area contributed by atoms with Gasteiger partial charge in [0.2, 0.25) is 0 Å². The van der Waals surface area contributed by atoms with Crippen LogP contribution in [0.15, 0.2) is 35.7 Å². The normalized spacial score (nSPS) is 11.1. The Hall–Kier alpha value is -3.00. The van der Waals surface area contributed by atoms with Gasteiger partial charge in [-0.25, -0.2) is 0 Å². The number of fused-ring (bicyclic) bond motifs is 3. The highest BCUT2D eigenvalue weighted by Gasteiger charge is 2.15. The highest BCUT2D eigenvalue weighted by molar-refractivity contribution is 7.12. The summed E-state index contributed by atoms with van der Waals surface area (Å²) in [5.74, 6) is 0.678. The molecule has 8 heteroatoms. The number of aryl methyl sites for hydroxylation is 1. The highest BCUT2D eigenvalue weighted by Crippen LogP contribution is 2.28. The minimum absolute atomic E-state index is 0.179. The van der Waals surface area contributed by atoms with Crippen molar-refractivity contribution in [1.29, 1.82) is 0 Å². The first-order valence-electron chi connectivity index (χ1n) is 7.19. The standard InChI is InChI=1S/C16H13N5O2S/c1-21-11-6-5-9(23-2)8-10(11)13-14(21)17-16(20-19-13)18-15(22)12-4-3-7-24-12/h3-8H,1-2H3,(H,17,18,20,22). The lowest BCUT2D eigenvalue weighted by atomic mass is 10.2. The Morgan fingerprint density at radius 3 is 2.92 bits per heavy atom. The van der Waals surface area contributed by atoms with Crippen LogP contribution >= 0.6 is 11.3 Å². The van der Waals surface area contributed by atoms with Crippen LogP contribution in [-0.2, 0) is 7.05 Å². The summed E-state index contributed by atoms with van der Waals surface area (Å²) in [6, 6.07) is 9.29. The van der Waals surface area contributed by atoms with Crippen LogP contribution in [0.2, 0.25) is 0 Å². The van der Waals surface area contributed by atoms with E-state index in [1.165, 1.54) is 11.3 Å². The van der Waals surface area contributed by atoms with Crippen LogP contribution in [0.4, 0.5) is 5.95 Å². The van der Waals surface area contributed by atoms with Gasteiger partial charge in [-0.1, -0.05) is 6.07 Å². The third-order valence-corrected chi connectivity index (χ3v) is 4.65. The Morgan fingerprint density at radius 1 is 1.29 bits per heavy atom. The van der Waals surface area contributed by atoms with Crippen molar-refractivity contribution in [3.05, 3.63) is 40.6 Å². The third kappa shape index (κ3) is 2.28. The van der Waals surface area contributed by atoms with E-state index in [-0.39, 0.29) is 11.9 Å². The lowest BCUT2D eigenvalue weighted by Gasteiger charge is -2.01. The van der Waals surface area contributed by atoms with Gasteiger partial charge < -0.3 is 9.30 Å². The smallest absolute Gasteiger partial charge is 0.268 e. The van der Waals surface area contributed by atoms with Gasteiger partial charge in [-0.2, -0.15) is 4.98 Å². The van der Waals surface area contributed by atoms with Gasteiger partial charge >= 0.3 is 0 Å². The SMILES string of the molecule is COc1ccc2c(c1)c1nnc(NC(=O)c3cccs3)nc1n2C. The van der Waals surface area contributed by atoms with Crippen molar-refractivity contribution >= 4 is 45.3 Å². The molecule has 0 atom stereocenters. The monoisotopic (exact) mass is 339 g/mol. The molecule has 0 aliphatic carbocycles. The second kappa shape index (κ2) is 5.57. The van der Waals surface area contributed by atoms with Crippen molar-refractivity contribution in [2.45, 2.75) is 0 Å². The molecule has 1 amide bonds. The zero-order chi connectivity index (χ0) is 16.7. The Kier molecular flexibility index (Phi) is 3.39. The second-order valence-electron chi connectivity index (χ2n) is 5.18. The second-order valence-corrected chi connectivity index (χ2v) is 6.13. The van der Waals surface area contributed by atoms with Crippen molar-refractivity contribution in [2.75, 3.05) is 12.4 Å². The molecule has 0 fully saturated rings. The molecule has 7 nitrogen and oxygen atoms in total. The maximum Gasteiger partial charge on any atom is 0.268 e. The van der Waals surface area contributed by atoms with E-state index in [2.05, 4.69) is 20.5 Å². The number of amides is 1. The summed E-state index contributed by atoms with van der Waals surface area (Å²) in [4.78, 5) is 17.2. The summed E-state index contributed by atoms with van der Waals surface area (Å²) in [6.45, 7) is 0. The lowest BCUT2D eigenvalue weighted by Crippen LogP contribution is -2.13. The van der Waals surface area contributed by atoms with Crippen molar-refractivity contribution in [3.63, 3.8) is 0 Å². The van der Waals surface area contributed by atoms with Crippen LogP contribution in [0.3, 0.4) is 0 Å². The number of methoxy groups -OCH3 is 1. The molecule has 0 saturated carbocycles. The van der Waals surface area contributed by atoms with Gasteiger partial charge in [0.25, 0.3) is 11.9 Å². The summed E-state index contributed by atoms with van der Waals surface area (Å²) in [5.41, 5.74) is 2.28. The van der Waals surface area contributed by atoms with E-state index in [0.717, 1.165) is 16.7 Å². The maximum atomic E-state index is 12.1. The largest absolute Gasteiger partial charge is 0.497 e. The summed E-state index contributed by atoms with van der Waals surface area (Å²) in [5, 5.41) is 13.7. The molecule has 120 valence electrons. The van der Waals surface area contributed by atoms with Gasteiger partial charge in [-0.15, -0.1) is 21.5 Å². The predicted octanol–water partition coefficient (Wildman–Crippen LogP) is 2.84. The summed E-state index contributed by atoms with van der Waals surface area (Å²) < 4.78 is 7.18. The summed E-state index contributed by atoms with van der Waals surface area (Å²) in [6.07, 6.45) is 0. The lowest BCUT2D eigenvalue weighted by molar-refractivity contribution is 0.102. The van der Waals surface area contributed by atoms with Gasteiger partial charge in [0, 0.05) is 12.4 Å². The number of anilines is 1. The van der Waals surface area contributed by atoms with Gasteiger partial charge in [0.15, 0.2) is 5.65 Å². The van der Waals surface area contributed by atoms with E-state index >= 15 is 0 Å². The number of benzene rings is 1. The van der Waals surface area contributed by atoms with E-state index in [9.17, 15) is 4.79 Å². The minimum atomic E-state index is -0.244. The molecule has 24 heavy (non-hydrogen) atoms. The van der Waals surface area contributed by atoms with E-state index in [4.69, 9.17) is 4.74 Å². The number of thiophene rings is 1. The Morgan fingerprint density at radius 2 is 2.17 bits per heavy atom. The quantitative estimate of drug-likeness (QED) is 0.621. The molecule has 1 aromatic carbocycles. The van der Waals surface area contributed by atoms with Crippen LogP contribution in [0.25, 0.3) is 22.1 Å². The van der Waals surface area contributed by atoms with Crippen LogP contribution in [0, 0.1) is 0 Å². The Labute approximate surface area is 140 Å². The molecule has 0 unspecified atom stereocenters. The molecule has 4 aromatic rings. The molecule has 3 heterocycles. The van der Waals surface area contributed by atoms with Gasteiger partial charge in [-0.3, -0.25) is 10.1 Å². The fourth-order valence-electron chi connectivity index (χ4n) is 2.59. The maximum absolute atomic E-state index is 12.1. The van der Waals surface area contributed by atoms with Gasteiger partial charge in [-0.05, 0) is 29.6 Å². The zero-order valence-corrected chi connectivity index (χ0v) is 13.8. The van der Waals surface area contributed by atoms with Crippen molar-refractivity contribution in [3.8, 4) is 5.75 Å². The summed E-state index contributed by atoms with van der Waals surface area (Å²) >= 11 is 1.36. The van der Waals surface area contributed by atoms with Gasteiger partial charge in [0.05, 0.1) is 17.5 Å². The molecule has 0 radical (unpaired) electrons. The molecular weight excluding hydrogens is 326 g/mol. The average Bonchev–Trinajstić information content (AvgIpc) is 3.23. The number of nitrogens with zero attached hydrogens (tertiary/aromatic N) is 4. The van der Waals surface area contributed by atoms with Crippen molar-refractivity contribution < 1.29 is 9.53 Å². The Bertz CT molecular complexity index is 1060. The predicted molar refractivity (Wildman–Crippen MR) is 92.6 cm³/mol. The van der Waals surface area contributed by atoms with Gasteiger partial charge in [0.1, 0.15) is 11.3 Å². The molecule has 0 aliphatic rings. The number of carbonyl (C=O) groups excluding carboxylic acids is 1. The first-order chi connectivity index (χ1) is 11.7. The molecule has 4 rings (SSSR count). The molecule has 3 aromatic heterocycles. The molecule has 0 spiro atoms. The van der Waals surface area contributed by atoms with E-state index in [1.807, 2.05) is 41.3 Å². The first-order valence-corrected chi connectivity index (χ1v) is 8.07. The average molecular weight is 339 g/mol. The number of hydrogen-bond donors (Lipinski definition) is 1. The molecule has 0 saturated heterocycles. The Balaban J connectivity index is 1.79. The number of carbonyl (C=O) groups is 1. The number of rotatable bonds is 3. The summed E-state index contributed by atoms with van der Waals surface area (Å²) in [7, 11) is 3.52. The fraction of sp³-hybridized carbons (Fsp3) is 0.125. The fourth-order valence-corrected chi connectivity index (χ4v) is 3.21. The molecular formula is C16H13N5O2S. The number of hydrogen-bond acceptors (Lipinski definition) is 6. The van der Waals surface area contributed by atoms with E-state index in [0.29, 0.717) is 16.0 Å². The first kappa shape index (κ1) is 14.6. The topological polar surface area (TPSA) is 81.9 Å². The number of aromatic nitrogens is 4.